The highest BCUT2D eigenvalue weighted by atomic mass is 16.6. The van der Waals surface area contributed by atoms with Gasteiger partial charge in [-0.2, -0.15) is 0 Å². The van der Waals surface area contributed by atoms with Crippen molar-refractivity contribution >= 4 is 22.8 Å². The first kappa shape index (κ1) is 22.9. The Morgan fingerprint density at radius 3 is 1.97 bits per heavy atom. The Hall–Kier alpha value is -3.73. The van der Waals surface area contributed by atoms with Crippen molar-refractivity contribution in [2.45, 2.75) is 38.5 Å². The fourth-order valence-corrected chi connectivity index (χ4v) is 3.83. The Balaban J connectivity index is 1.98. The van der Waals surface area contributed by atoms with E-state index < -0.39 is 26.1 Å². The molecular weight excluding hydrogens is 420 g/mol. The van der Waals surface area contributed by atoms with Gasteiger partial charge in [0.05, 0.1) is 32.1 Å². The lowest BCUT2D eigenvalue weighted by Gasteiger charge is -2.04. The third-order valence-corrected chi connectivity index (χ3v) is 5.34. The lowest BCUT2D eigenvalue weighted by molar-refractivity contribution is -0.393. The zero-order chi connectivity index (χ0) is 23.3. The molecule has 2 aromatic rings. The molecule has 0 unspecified atom stereocenters. The number of unbranched alkanes of at least 4 members (excludes halogenated alkanes) is 5. The first-order valence-corrected chi connectivity index (χ1v) is 10.3. The molecule has 2 aromatic carbocycles. The van der Waals surface area contributed by atoms with E-state index in [1.54, 1.807) is 0 Å². The SMILES string of the molecule is O=[N+]([O-])c1ccc2c(c1)C(=NCCCCCCCCO)c1cc([N+](=O)[O-])cc([N+](=O)[O-])c1-2. The van der Waals surface area contributed by atoms with Gasteiger partial charge in [0.1, 0.15) is 0 Å². The predicted molar refractivity (Wildman–Crippen MR) is 117 cm³/mol. The summed E-state index contributed by atoms with van der Waals surface area (Å²) in [6, 6.07) is 6.12. The van der Waals surface area contributed by atoms with Crippen LogP contribution in [-0.4, -0.2) is 38.7 Å². The van der Waals surface area contributed by atoms with Crippen LogP contribution in [-0.2, 0) is 0 Å². The van der Waals surface area contributed by atoms with E-state index in [9.17, 15) is 30.3 Å². The number of non-ortho nitro benzene ring substituents is 2. The van der Waals surface area contributed by atoms with Crippen LogP contribution in [0.25, 0.3) is 11.1 Å². The van der Waals surface area contributed by atoms with Gasteiger partial charge in [0.15, 0.2) is 0 Å². The van der Waals surface area contributed by atoms with Crippen LogP contribution in [0.1, 0.15) is 49.7 Å². The van der Waals surface area contributed by atoms with E-state index in [2.05, 4.69) is 4.99 Å². The first-order valence-electron chi connectivity index (χ1n) is 10.3. The average molecular weight is 442 g/mol. The van der Waals surface area contributed by atoms with Crippen molar-refractivity contribution in [3.63, 3.8) is 0 Å². The maximum Gasteiger partial charge on any atom is 0.284 e. The molecule has 0 saturated carbocycles. The molecule has 0 aliphatic heterocycles. The molecule has 0 spiro atoms. The van der Waals surface area contributed by atoms with Crippen LogP contribution in [0.15, 0.2) is 35.3 Å². The summed E-state index contributed by atoms with van der Waals surface area (Å²) in [5, 5.41) is 43.1. The summed E-state index contributed by atoms with van der Waals surface area (Å²) in [5.74, 6) is 0. The second-order valence-electron chi connectivity index (χ2n) is 7.46. The van der Waals surface area contributed by atoms with E-state index in [0.717, 1.165) is 44.6 Å². The summed E-state index contributed by atoms with van der Waals surface area (Å²) in [6.45, 7) is 0.560. The Morgan fingerprint density at radius 1 is 0.719 bits per heavy atom. The fourth-order valence-electron chi connectivity index (χ4n) is 3.83. The number of hydrogen-bond acceptors (Lipinski definition) is 8. The number of aliphatic imine (C=N–C) groups is 1. The monoisotopic (exact) mass is 442 g/mol. The van der Waals surface area contributed by atoms with Gasteiger partial charge >= 0.3 is 0 Å². The highest BCUT2D eigenvalue weighted by molar-refractivity contribution is 6.26. The van der Waals surface area contributed by atoms with Crippen molar-refractivity contribution in [2.75, 3.05) is 13.2 Å². The van der Waals surface area contributed by atoms with Crippen molar-refractivity contribution in [3.8, 4) is 11.1 Å². The zero-order valence-electron chi connectivity index (χ0n) is 17.2. The first-order chi connectivity index (χ1) is 15.3. The minimum Gasteiger partial charge on any atom is -0.396 e. The summed E-state index contributed by atoms with van der Waals surface area (Å²) in [5.41, 5.74) is 0.428. The fraction of sp³-hybridized carbons (Fsp3) is 0.381. The molecule has 0 fully saturated rings. The molecule has 1 aliphatic rings. The molecular formula is C21H22N4O7. The van der Waals surface area contributed by atoms with Crippen LogP contribution in [0.4, 0.5) is 17.1 Å². The van der Waals surface area contributed by atoms with Crippen molar-refractivity contribution in [2.24, 2.45) is 4.99 Å². The smallest absolute Gasteiger partial charge is 0.284 e. The number of nitro benzene ring substituents is 3. The maximum absolute atomic E-state index is 11.7. The van der Waals surface area contributed by atoms with E-state index in [4.69, 9.17) is 5.11 Å². The van der Waals surface area contributed by atoms with Gasteiger partial charge in [-0.25, -0.2) is 0 Å². The van der Waals surface area contributed by atoms with E-state index in [0.29, 0.717) is 23.4 Å². The van der Waals surface area contributed by atoms with Crippen LogP contribution in [0.5, 0.6) is 0 Å². The number of hydrogen-bond donors (Lipinski definition) is 1. The molecule has 0 aromatic heterocycles. The molecule has 0 amide bonds. The number of fused-ring (bicyclic) bond motifs is 3. The molecule has 3 rings (SSSR count). The number of aliphatic hydroxyl groups excluding tert-OH is 1. The van der Waals surface area contributed by atoms with Crippen LogP contribution in [0, 0.1) is 30.3 Å². The minimum absolute atomic E-state index is 0.177. The molecule has 168 valence electrons. The number of rotatable bonds is 11. The summed E-state index contributed by atoms with van der Waals surface area (Å²) < 4.78 is 0. The number of aliphatic hydroxyl groups is 1. The summed E-state index contributed by atoms with van der Waals surface area (Å²) in [4.78, 5) is 36.8. The normalized spacial score (nSPS) is 13.1. The topological polar surface area (TPSA) is 162 Å². The largest absolute Gasteiger partial charge is 0.396 e. The number of nitrogens with zero attached hydrogens (tertiary/aromatic N) is 4. The molecule has 0 saturated heterocycles. The summed E-state index contributed by atoms with van der Waals surface area (Å²) in [6.07, 6.45) is 5.31. The van der Waals surface area contributed by atoms with Gasteiger partial charge < -0.3 is 5.11 Å². The molecule has 11 nitrogen and oxygen atoms in total. The lowest BCUT2D eigenvalue weighted by Crippen LogP contribution is -2.03. The number of nitro groups is 3. The quantitative estimate of drug-likeness (QED) is 0.258. The number of benzene rings is 2. The van der Waals surface area contributed by atoms with Crippen LogP contribution >= 0.6 is 0 Å². The van der Waals surface area contributed by atoms with Crippen molar-refractivity contribution in [1.29, 1.82) is 0 Å². The average Bonchev–Trinajstić information content (AvgIpc) is 3.07. The molecule has 1 aliphatic carbocycles. The molecule has 0 radical (unpaired) electrons. The van der Waals surface area contributed by atoms with Gasteiger partial charge in [-0.3, -0.25) is 35.3 Å². The van der Waals surface area contributed by atoms with Crippen LogP contribution in [0.3, 0.4) is 0 Å². The van der Waals surface area contributed by atoms with Gasteiger partial charge in [0.2, 0.25) is 0 Å². The minimum atomic E-state index is -0.706. The second-order valence-corrected chi connectivity index (χ2v) is 7.46. The zero-order valence-corrected chi connectivity index (χ0v) is 17.2. The lowest BCUT2D eigenvalue weighted by atomic mass is 10.0. The molecule has 11 heteroatoms. The Kier molecular flexibility index (Phi) is 7.21. The second kappa shape index (κ2) is 10.1. The highest BCUT2D eigenvalue weighted by Crippen LogP contribution is 2.45. The maximum atomic E-state index is 11.7. The molecule has 0 atom stereocenters. The standard InChI is InChI=1S/C21H22N4O7/c26-10-6-4-2-1-3-5-9-22-21-17-11-14(23(27)28)7-8-16(17)20-18(21)12-15(24(29)30)13-19(20)25(31)32/h7-8,11-13,26H,1-6,9-10H2. The predicted octanol–water partition coefficient (Wildman–Crippen LogP) is 4.56. The third-order valence-electron chi connectivity index (χ3n) is 5.34. The molecule has 1 N–H and O–H groups in total. The summed E-state index contributed by atoms with van der Waals surface area (Å²) >= 11 is 0. The van der Waals surface area contributed by atoms with Gasteiger partial charge in [-0.1, -0.05) is 25.7 Å². The van der Waals surface area contributed by atoms with Gasteiger partial charge in [0, 0.05) is 42.5 Å². The van der Waals surface area contributed by atoms with E-state index in [-0.39, 0.29) is 23.4 Å². The van der Waals surface area contributed by atoms with E-state index in [1.165, 1.54) is 24.3 Å². The Labute approximate surface area is 182 Å². The van der Waals surface area contributed by atoms with E-state index >= 15 is 0 Å². The molecule has 0 heterocycles. The summed E-state index contributed by atoms with van der Waals surface area (Å²) in [7, 11) is 0. The van der Waals surface area contributed by atoms with Gasteiger partial charge in [0.25, 0.3) is 17.1 Å². The van der Waals surface area contributed by atoms with Crippen molar-refractivity contribution in [1.82, 2.24) is 0 Å². The van der Waals surface area contributed by atoms with Crippen LogP contribution < -0.4 is 0 Å². The van der Waals surface area contributed by atoms with Crippen molar-refractivity contribution in [3.05, 3.63) is 71.8 Å². The van der Waals surface area contributed by atoms with Gasteiger partial charge in [-0.15, -0.1) is 0 Å². The Bertz CT molecular complexity index is 1100. The van der Waals surface area contributed by atoms with Crippen molar-refractivity contribution < 1.29 is 19.9 Å². The van der Waals surface area contributed by atoms with E-state index in [1.807, 2.05) is 0 Å². The Morgan fingerprint density at radius 2 is 1.34 bits per heavy atom. The third kappa shape index (κ3) is 4.78. The van der Waals surface area contributed by atoms with Gasteiger partial charge in [-0.05, 0) is 24.5 Å². The molecule has 0 bridgehead atoms. The molecule has 32 heavy (non-hydrogen) atoms. The van der Waals surface area contributed by atoms with Crippen LogP contribution in [0.2, 0.25) is 0 Å². The highest BCUT2D eigenvalue weighted by Gasteiger charge is 2.35.